The van der Waals surface area contributed by atoms with E-state index in [1.165, 1.54) is 22.2 Å². The van der Waals surface area contributed by atoms with Crippen LogP contribution in [0, 0.1) is 5.92 Å². The summed E-state index contributed by atoms with van der Waals surface area (Å²) in [6.45, 7) is 3.43. The molecule has 5 heteroatoms. The van der Waals surface area contributed by atoms with Crippen LogP contribution in [0.1, 0.15) is 23.7 Å². The average molecular weight is 392 g/mol. The second-order valence-electron chi connectivity index (χ2n) is 7.75. The highest BCUT2D eigenvalue weighted by molar-refractivity contribution is 6.31. The van der Waals surface area contributed by atoms with Gasteiger partial charge in [-0.15, -0.1) is 0 Å². The molecule has 2 aromatic heterocycles. The summed E-state index contributed by atoms with van der Waals surface area (Å²) in [5, 5.41) is 3.06. The fourth-order valence-electron chi connectivity index (χ4n) is 4.40. The van der Waals surface area contributed by atoms with E-state index in [0.29, 0.717) is 6.54 Å². The molecule has 1 aliphatic heterocycles. The molecule has 3 heterocycles. The standard InChI is InChI=1S/C23H22ClN3O/c1-14(10-15-12-25-20-5-3-2-4-17(15)20)23(28)27-9-8-22-19(13-27)18-11-16(24)6-7-21(18)26-22/h2-7,11-12,14,25-26H,8-10,13H2,1H3/t14-/m1/s1. The second-order valence-corrected chi connectivity index (χ2v) is 8.18. The molecule has 4 nitrogen and oxygen atoms in total. The van der Waals surface area contributed by atoms with Gasteiger partial charge in [0.1, 0.15) is 0 Å². The quantitative estimate of drug-likeness (QED) is 0.503. The highest BCUT2D eigenvalue weighted by atomic mass is 35.5. The molecule has 0 saturated carbocycles. The minimum absolute atomic E-state index is 0.0606. The number of nitrogens with zero attached hydrogens (tertiary/aromatic N) is 1. The van der Waals surface area contributed by atoms with E-state index >= 15 is 0 Å². The van der Waals surface area contributed by atoms with Crippen LogP contribution in [0.4, 0.5) is 0 Å². The maximum atomic E-state index is 13.2. The summed E-state index contributed by atoms with van der Waals surface area (Å²) in [6.07, 6.45) is 3.63. The first-order valence-corrected chi connectivity index (χ1v) is 10.1. The van der Waals surface area contributed by atoms with Gasteiger partial charge in [-0.25, -0.2) is 0 Å². The number of H-pyrrole nitrogens is 2. The van der Waals surface area contributed by atoms with E-state index in [4.69, 9.17) is 11.6 Å². The molecular formula is C23H22ClN3O. The SMILES string of the molecule is C[C@H](Cc1c[nH]c2ccccc12)C(=O)N1CCc2[nH]c3ccc(Cl)cc3c2C1. The van der Waals surface area contributed by atoms with Crippen LogP contribution in [0.15, 0.2) is 48.7 Å². The number of amides is 1. The fraction of sp³-hybridized carbons (Fsp3) is 0.261. The number of hydrogen-bond acceptors (Lipinski definition) is 1. The summed E-state index contributed by atoms with van der Waals surface area (Å²) in [7, 11) is 0. The van der Waals surface area contributed by atoms with Gasteiger partial charge < -0.3 is 14.9 Å². The summed E-state index contributed by atoms with van der Waals surface area (Å²) in [6, 6.07) is 14.2. The zero-order valence-electron chi connectivity index (χ0n) is 15.8. The first-order valence-electron chi connectivity index (χ1n) is 9.73. The van der Waals surface area contributed by atoms with Gasteiger partial charge in [0.2, 0.25) is 5.91 Å². The lowest BCUT2D eigenvalue weighted by atomic mass is 9.97. The van der Waals surface area contributed by atoms with E-state index in [2.05, 4.69) is 22.1 Å². The maximum absolute atomic E-state index is 13.2. The van der Waals surface area contributed by atoms with Crippen molar-refractivity contribution in [3.8, 4) is 0 Å². The minimum Gasteiger partial charge on any atom is -0.361 e. The summed E-state index contributed by atoms with van der Waals surface area (Å²) >= 11 is 6.20. The third-order valence-corrected chi connectivity index (χ3v) is 6.11. The van der Waals surface area contributed by atoms with Crippen LogP contribution in [0.3, 0.4) is 0 Å². The number of fused-ring (bicyclic) bond motifs is 4. The molecule has 0 fully saturated rings. The number of nitrogens with one attached hydrogen (secondary N) is 2. The third kappa shape index (κ3) is 2.89. The predicted molar refractivity (Wildman–Crippen MR) is 114 cm³/mol. The van der Waals surface area contributed by atoms with Crippen molar-refractivity contribution in [1.82, 2.24) is 14.9 Å². The number of benzene rings is 2. The van der Waals surface area contributed by atoms with Crippen LogP contribution in [0.5, 0.6) is 0 Å². The number of para-hydroxylation sites is 1. The molecule has 0 radical (unpaired) electrons. The molecule has 142 valence electrons. The van der Waals surface area contributed by atoms with Gasteiger partial charge in [-0.2, -0.15) is 0 Å². The van der Waals surface area contributed by atoms with Crippen LogP contribution < -0.4 is 0 Å². The molecule has 5 rings (SSSR count). The van der Waals surface area contributed by atoms with Crippen LogP contribution >= 0.6 is 11.6 Å². The molecule has 4 aromatic rings. The lowest BCUT2D eigenvalue weighted by Gasteiger charge is -2.29. The third-order valence-electron chi connectivity index (χ3n) is 5.87. The van der Waals surface area contributed by atoms with Crippen LogP contribution in [0.25, 0.3) is 21.8 Å². The van der Waals surface area contributed by atoms with Crippen molar-refractivity contribution in [2.75, 3.05) is 6.54 Å². The van der Waals surface area contributed by atoms with Crippen molar-refractivity contribution < 1.29 is 4.79 Å². The number of aromatic nitrogens is 2. The first-order chi connectivity index (χ1) is 13.6. The van der Waals surface area contributed by atoms with E-state index in [-0.39, 0.29) is 11.8 Å². The van der Waals surface area contributed by atoms with Gasteiger partial charge in [-0.05, 0) is 36.2 Å². The number of rotatable bonds is 3. The molecule has 0 aliphatic carbocycles. The molecule has 0 bridgehead atoms. The summed E-state index contributed by atoms with van der Waals surface area (Å²) in [5.41, 5.74) is 5.85. The Morgan fingerprint density at radius 3 is 2.93 bits per heavy atom. The summed E-state index contributed by atoms with van der Waals surface area (Å²) in [5.74, 6) is 0.154. The monoisotopic (exact) mass is 391 g/mol. The number of aromatic amines is 2. The molecule has 2 N–H and O–H groups in total. The largest absolute Gasteiger partial charge is 0.361 e. The summed E-state index contributed by atoms with van der Waals surface area (Å²) < 4.78 is 0. The van der Waals surface area contributed by atoms with E-state index in [1.807, 2.05) is 48.4 Å². The van der Waals surface area contributed by atoms with E-state index in [1.54, 1.807) is 0 Å². The molecule has 1 atom stereocenters. The van der Waals surface area contributed by atoms with Gasteiger partial charge in [0, 0.05) is 69.7 Å². The van der Waals surface area contributed by atoms with Gasteiger partial charge in [-0.3, -0.25) is 4.79 Å². The lowest BCUT2D eigenvalue weighted by molar-refractivity contribution is -0.135. The molecule has 0 saturated heterocycles. The number of carbonyl (C=O) groups excluding carboxylic acids is 1. The molecule has 2 aromatic carbocycles. The topological polar surface area (TPSA) is 51.9 Å². The molecular weight excluding hydrogens is 370 g/mol. The van der Waals surface area contributed by atoms with E-state index in [0.717, 1.165) is 40.8 Å². The molecule has 0 spiro atoms. The second kappa shape index (κ2) is 6.71. The van der Waals surface area contributed by atoms with Crippen molar-refractivity contribution in [1.29, 1.82) is 0 Å². The zero-order valence-corrected chi connectivity index (χ0v) is 16.5. The Morgan fingerprint density at radius 1 is 1.18 bits per heavy atom. The molecule has 1 amide bonds. The number of hydrogen-bond donors (Lipinski definition) is 2. The lowest BCUT2D eigenvalue weighted by Crippen LogP contribution is -2.39. The van der Waals surface area contributed by atoms with Gasteiger partial charge in [0.05, 0.1) is 0 Å². The summed E-state index contributed by atoms with van der Waals surface area (Å²) in [4.78, 5) is 22.0. The van der Waals surface area contributed by atoms with Crippen LogP contribution in [-0.2, 0) is 24.2 Å². The Bertz CT molecular complexity index is 1190. The van der Waals surface area contributed by atoms with Crippen LogP contribution in [0.2, 0.25) is 5.02 Å². The predicted octanol–water partition coefficient (Wildman–Crippen LogP) is 5.07. The van der Waals surface area contributed by atoms with Gasteiger partial charge in [0.15, 0.2) is 0 Å². The fourth-order valence-corrected chi connectivity index (χ4v) is 4.58. The molecule has 28 heavy (non-hydrogen) atoms. The van der Waals surface area contributed by atoms with Crippen molar-refractivity contribution >= 4 is 39.3 Å². The van der Waals surface area contributed by atoms with E-state index in [9.17, 15) is 4.79 Å². The first kappa shape index (κ1) is 17.4. The Balaban J connectivity index is 1.37. The van der Waals surface area contributed by atoms with Gasteiger partial charge >= 0.3 is 0 Å². The normalized spacial score (nSPS) is 15.1. The Morgan fingerprint density at radius 2 is 2.04 bits per heavy atom. The highest BCUT2D eigenvalue weighted by Crippen LogP contribution is 2.31. The Labute approximate surface area is 168 Å². The van der Waals surface area contributed by atoms with Crippen LogP contribution in [-0.4, -0.2) is 27.3 Å². The smallest absolute Gasteiger partial charge is 0.226 e. The number of halogens is 1. The van der Waals surface area contributed by atoms with Gasteiger partial charge in [0.25, 0.3) is 0 Å². The number of carbonyl (C=O) groups is 1. The molecule has 1 aliphatic rings. The van der Waals surface area contributed by atoms with Crippen molar-refractivity contribution in [3.63, 3.8) is 0 Å². The zero-order chi connectivity index (χ0) is 19.3. The highest BCUT2D eigenvalue weighted by Gasteiger charge is 2.27. The van der Waals surface area contributed by atoms with E-state index < -0.39 is 0 Å². The van der Waals surface area contributed by atoms with Crippen molar-refractivity contribution in [2.24, 2.45) is 5.92 Å². The van der Waals surface area contributed by atoms with Crippen molar-refractivity contribution in [3.05, 3.63) is 70.5 Å². The van der Waals surface area contributed by atoms with Gasteiger partial charge in [-0.1, -0.05) is 36.7 Å². The minimum atomic E-state index is -0.0606. The van der Waals surface area contributed by atoms with Crippen molar-refractivity contribution in [2.45, 2.75) is 26.3 Å². The average Bonchev–Trinajstić information content (AvgIpc) is 3.28. The molecule has 0 unspecified atom stereocenters. The Kier molecular flexibility index (Phi) is 4.17. The maximum Gasteiger partial charge on any atom is 0.226 e. The Hall–Kier alpha value is -2.72.